The predicted molar refractivity (Wildman–Crippen MR) is 47.1 cm³/mol. The second kappa shape index (κ2) is 1.93. The van der Waals surface area contributed by atoms with Crippen LogP contribution in [0.3, 0.4) is 0 Å². The van der Waals surface area contributed by atoms with Crippen LogP contribution in [0.2, 0.25) is 0 Å². The minimum absolute atomic E-state index is 0.306. The molecule has 3 heteroatoms. The fourth-order valence-electron chi connectivity index (χ4n) is 2.02. The third-order valence-electron chi connectivity index (χ3n) is 2.60. The van der Waals surface area contributed by atoms with Crippen LogP contribution in [0, 0.1) is 0 Å². The van der Waals surface area contributed by atoms with E-state index in [0.29, 0.717) is 0 Å². The molecule has 2 heterocycles. The van der Waals surface area contributed by atoms with Crippen molar-refractivity contribution in [2.45, 2.75) is 6.23 Å². The minimum Gasteiger partial charge on any atom is -0.372 e. The Morgan fingerprint density at radius 2 is 2.00 bits per heavy atom. The summed E-state index contributed by atoms with van der Waals surface area (Å²) in [5, 5.41) is 9.55. The molecule has 0 saturated carbocycles. The largest absolute Gasteiger partial charge is 0.372 e. The fourth-order valence-corrected chi connectivity index (χ4v) is 2.02. The van der Waals surface area contributed by atoms with E-state index in [1.54, 1.807) is 0 Å². The Balaban J connectivity index is 2.17. The molecule has 12 heavy (non-hydrogen) atoms. The van der Waals surface area contributed by atoms with Gasteiger partial charge >= 0.3 is 0 Å². The Morgan fingerprint density at radius 1 is 1.25 bits per heavy atom. The first kappa shape index (κ1) is 6.31. The van der Waals surface area contributed by atoms with E-state index in [1.807, 2.05) is 17.0 Å². The molecule has 1 aromatic rings. The lowest BCUT2D eigenvalue weighted by atomic mass is 10.2. The third kappa shape index (κ3) is 0.599. The number of para-hydroxylation sites is 2. The Labute approximate surface area is 70.8 Å². The minimum atomic E-state index is -0.306. The van der Waals surface area contributed by atoms with Crippen LogP contribution in [-0.2, 0) is 0 Å². The van der Waals surface area contributed by atoms with Gasteiger partial charge in [0, 0.05) is 0 Å². The summed E-state index contributed by atoms with van der Waals surface area (Å²) in [6.45, 7) is 1.59. The summed E-state index contributed by atoms with van der Waals surface area (Å²) in [7, 11) is 0. The molecule has 1 saturated heterocycles. The first-order valence-corrected chi connectivity index (χ1v) is 4.15. The number of rotatable bonds is 0. The summed E-state index contributed by atoms with van der Waals surface area (Å²) in [6, 6.07) is 8.19. The molecule has 2 aliphatic heterocycles. The molecular weight excluding hydrogens is 152 g/mol. The lowest BCUT2D eigenvalue weighted by Gasteiger charge is -2.23. The normalized spacial score (nSPS) is 24.9. The molecule has 0 radical (unpaired) electrons. The predicted octanol–water partition coefficient (Wildman–Crippen LogP) is 0.602. The van der Waals surface area contributed by atoms with Crippen LogP contribution >= 0.6 is 0 Å². The van der Waals surface area contributed by atoms with Gasteiger partial charge in [0.25, 0.3) is 0 Å². The van der Waals surface area contributed by atoms with Crippen molar-refractivity contribution in [2.75, 3.05) is 23.0 Å². The molecule has 3 nitrogen and oxygen atoms in total. The standard InChI is InChI=1S/C9H10N2O/c12-9-5-10-6-11(9)8-4-2-1-3-7(8)10/h1-4,9,12H,5-6H2/t9-/m0/s1. The van der Waals surface area contributed by atoms with Gasteiger partial charge < -0.3 is 14.9 Å². The van der Waals surface area contributed by atoms with E-state index in [-0.39, 0.29) is 6.23 Å². The third-order valence-corrected chi connectivity index (χ3v) is 2.60. The Bertz CT molecular complexity index is 326. The highest BCUT2D eigenvalue weighted by molar-refractivity contribution is 5.78. The van der Waals surface area contributed by atoms with Gasteiger partial charge in [-0.2, -0.15) is 0 Å². The van der Waals surface area contributed by atoms with Gasteiger partial charge in [0.2, 0.25) is 0 Å². The van der Waals surface area contributed by atoms with Crippen molar-refractivity contribution in [3.05, 3.63) is 24.3 Å². The molecule has 0 amide bonds. The molecule has 1 aromatic carbocycles. The molecular formula is C9H10N2O. The van der Waals surface area contributed by atoms with E-state index in [1.165, 1.54) is 5.69 Å². The number of hydrogen-bond donors (Lipinski definition) is 1. The SMILES string of the molecule is O[C@H]1CN2CN1c1ccccc12. The van der Waals surface area contributed by atoms with Crippen LogP contribution in [0.25, 0.3) is 0 Å². The average Bonchev–Trinajstić information content (AvgIpc) is 2.62. The summed E-state index contributed by atoms with van der Waals surface area (Å²) in [5.74, 6) is 0. The van der Waals surface area contributed by atoms with E-state index < -0.39 is 0 Å². The summed E-state index contributed by atoms with van der Waals surface area (Å²) in [4.78, 5) is 4.22. The fraction of sp³-hybridized carbons (Fsp3) is 0.333. The van der Waals surface area contributed by atoms with Crippen molar-refractivity contribution in [1.29, 1.82) is 0 Å². The van der Waals surface area contributed by atoms with Gasteiger partial charge in [0.1, 0.15) is 6.23 Å². The molecule has 0 aliphatic carbocycles. The highest BCUT2D eigenvalue weighted by Crippen LogP contribution is 2.40. The highest BCUT2D eigenvalue weighted by atomic mass is 16.3. The van der Waals surface area contributed by atoms with E-state index in [9.17, 15) is 5.11 Å². The van der Waals surface area contributed by atoms with Gasteiger partial charge in [-0.1, -0.05) is 12.1 Å². The van der Waals surface area contributed by atoms with E-state index >= 15 is 0 Å². The zero-order valence-electron chi connectivity index (χ0n) is 6.64. The molecule has 1 N–H and O–H groups in total. The van der Waals surface area contributed by atoms with Gasteiger partial charge in [0.15, 0.2) is 0 Å². The molecule has 2 bridgehead atoms. The zero-order valence-corrected chi connectivity index (χ0v) is 6.64. The van der Waals surface area contributed by atoms with Crippen molar-refractivity contribution in [3.63, 3.8) is 0 Å². The molecule has 2 aliphatic rings. The maximum Gasteiger partial charge on any atom is 0.146 e. The monoisotopic (exact) mass is 162 g/mol. The maximum atomic E-state index is 9.55. The maximum absolute atomic E-state index is 9.55. The number of fused-ring (bicyclic) bond motifs is 5. The quantitative estimate of drug-likeness (QED) is 0.605. The average molecular weight is 162 g/mol. The van der Waals surface area contributed by atoms with Crippen molar-refractivity contribution in [3.8, 4) is 0 Å². The number of anilines is 2. The topological polar surface area (TPSA) is 26.7 Å². The summed E-state index contributed by atoms with van der Waals surface area (Å²) in [5.41, 5.74) is 2.42. The number of nitrogens with zero attached hydrogens (tertiary/aromatic N) is 2. The smallest absolute Gasteiger partial charge is 0.146 e. The van der Waals surface area contributed by atoms with Gasteiger partial charge in [-0.3, -0.25) is 0 Å². The van der Waals surface area contributed by atoms with Crippen LogP contribution in [0.15, 0.2) is 24.3 Å². The highest BCUT2D eigenvalue weighted by Gasteiger charge is 2.37. The van der Waals surface area contributed by atoms with Crippen molar-refractivity contribution >= 4 is 11.4 Å². The Morgan fingerprint density at radius 3 is 2.83 bits per heavy atom. The summed E-state index contributed by atoms with van der Waals surface area (Å²) >= 11 is 0. The zero-order chi connectivity index (χ0) is 8.13. The van der Waals surface area contributed by atoms with Gasteiger partial charge in [0.05, 0.1) is 24.6 Å². The number of aliphatic hydroxyl groups excluding tert-OH is 1. The van der Waals surface area contributed by atoms with Crippen LogP contribution in [0.5, 0.6) is 0 Å². The summed E-state index contributed by atoms with van der Waals surface area (Å²) < 4.78 is 0. The van der Waals surface area contributed by atoms with Crippen LogP contribution in [-0.4, -0.2) is 24.5 Å². The lowest BCUT2D eigenvalue weighted by molar-refractivity contribution is 0.197. The number of aliphatic hydroxyl groups is 1. The molecule has 1 atom stereocenters. The molecule has 0 aromatic heterocycles. The van der Waals surface area contributed by atoms with Crippen LogP contribution in [0.1, 0.15) is 0 Å². The Hall–Kier alpha value is -1.22. The molecule has 0 spiro atoms. The second-order valence-electron chi connectivity index (χ2n) is 3.30. The molecule has 3 rings (SSSR count). The van der Waals surface area contributed by atoms with E-state index in [2.05, 4.69) is 17.0 Å². The number of benzene rings is 1. The Kier molecular flexibility index (Phi) is 1.01. The molecule has 62 valence electrons. The molecule has 1 fully saturated rings. The van der Waals surface area contributed by atoms with E-state index in [4.69, 9.17) is 0 Å². The van der Waals surface area contributed by atoms with Crippen molar-refractivity contribution in [1.82, 2.24) is 0 Å². The second-order valence-corrected chi connectivity index (χ2v) is 3.30. The van der Waals surface area contributed by atoms with Gasteiger partial charge in [-0.25, -0.2) is 0 Å². The first-order chi connectivity index (χ1) is 5.86. The van der Waals surface area contributed by atoms with Crippen LogP contribution < -0.4 is 9.80 Å². The van der Waals surface area contributed by atoms with Crippen molar-refractivity contribution < 1.29 is 5.11 Å². The van der Waals surface area contributed by atoms with Crippen molar-refractivity contribution in [2.24, 2.45) is 0 Å². The first-order valence-electron chi connectivity index (χ1n) is 4.15. The van der Waals surface area contributed by atoms with E-state index in [0.717, 1.165) is 18.9 Å². The van der Waals surface area contributed by atoms with Gasteiger partial charge in [-0.05, 0) is 12.1 Å². The number of hydrogen-bond acceptors (Lipinski definition) is 3. The lowest BCUT2D eigenvalue weighted by Crippen LogP contribution is -2.31. The summed E-state index contributed by atoms with van der Waals surface area (Å²) in [6.07, 6.45) is -0.306. The van der Waals surface area contributed by atoms with Gasteiger partial charge in [-0.15, -0.1) is 0 Å². The molecule has 0 unspecified atom stereocenters. The van der Waals surface area contributed by atoms with Crippen LogP contribution in [0.4, 0.5) is 11.4 Å².